The Hall–Kier alpha value is -3.13. The third-order valence-electron chi connectivity index (χ3n) is 4.64. The Kier molecular flexibility index (Phi) is 5.79. The van der Waals surface area contributed by atoms with Crippen LogP contribution in [0, 0.1) is 6.92 Å². The molecule has 0 saturated heterocycles. The van der Waals surface area contributed by atoms with Gasteiger partial charge >= 0.3 is 0 Å². The van der Waals surface area contributed by atoms with Crippen molar-refractivity contribution in [2.45, 2.75) is 25.8 Å². The van der Waals surface area contributed by atoms with E-state index in [2.05, 4.69) is 22.3 Å². The minimum absolute atomic E-state index is 0.0617. The Bertz CT molecular complexity index is 919. The van der Waals surface area contributed by atoms with Crippen molar-refractivity contribution in [1.82, 2.24) is 9.78 Å². The molecule has 3 rings (SSSR count). The molecule has 0 saturated carbocycles. The highest BCUT2D eigenvalue weighted by Gasteiger charge is 2.30. The van der Waals surface area contributed by atoms with Gasteiger partial charge in [0.25, 0.3) is 0 Å². The molecule has 0 unspecified atom stereocenters. The Labute approximate surface area is 163 Å². The van der Waals surface area contributed by atoms with E-state index in [1.165, 1.54) is 14.2 Å². The maximum Gasteiger partial charge on any atom is 0.250 e. The van der Waals surface area contributed by atoms with Crippen LogP contribution in [-0.2, 0) is 20.9 Å². The standard InChI is InChI=1S/C20H24N4O4/c1-5-6-24-10-15(12(2)23-24)13-8-19(25)21-16-9-18(28-4)17(7-14(13)16)22-20(26)11-27-3/h5,7,9-10,13H,1,6,8,11H2,2-4H3,(H,21,25)(H,22,26)/t13-/m1/s1. The topological polar surface area (TPSA) is 94.5 Å². The molecule has 28 heavy (non-hydrogen) atoms. The summed E-state index contributed by atoms with van der Waals surface area (Å²) in [5.74, 6) is -0.0757. The van der Waals surface area contributed by atoms with Crippen LogP contribution in [-0.4, -0.2) is 42.4 Å². The van der Waals surface area contributed by atoms with Gasteiger partial charge in [-0.3, -0.25) is 14.3 Å². The number of aryl methyl sites for hydroxylation is 1. The number of methoxy groups -OCH3 is 2. The van der Waals surface area contributed by atoms with Crippen LogP contribution in [0.3, 0.4) is 0 Å². The zero-order valence-electron chi connectivity index (χ0n) is 16.2. The number of carbonyl (C=O) groups is 2. The number of aromatic nitrogens is 2. The number of anilines is 2. The summed E-state index contributed by atoms with van der Waals surface area (Å²) in [4.78, 5) is 24.3. The first kappa shape index (κ1) is 19.6. The summed E-state index contributed by atoms with van der Waals surface area (Å²) < 4.78 is 12.1. The second-order valence-electron chi connectivity index (χ2n) is 6.61. The lowest BCUT2D eigenvalue weighted by atomic mass is 9.84. The first-order valence-electron chi connectivity index (χ1n) is 8.92. The summed E-state index contributed by atoms with van der Waals surface area (Å²) >= 11 is 0. The number of nitrogens with zero attached hydrogens (tertiary/aromatic N) is 2. The number of fused-ring (bicyclic) bond motifs is 1. The Morgan fingerprint density at radius 2 is 2.21 bits per heavy atom. The number of amides is 2. The second-order valence-corrected chi connectivity index (χ2v) is 6.61. The van der Waals surface area contributed by atoms with Crippen LogP contribution in [0.25, 0.3) is 0 Å². The van der Waals surface area contributed by atoms with Crippen molar-refractivity contribution in [1.29, 1.82) is 0 Å². The van der Waals surface area contributed by atoms with Gasteiger partial charge in [-0.05, 0) is 18.6 Å². The van der Waals surface area contributed by atoms with Crippen LogP contribution in [0.15, 0.2) is 31.0 Å². The van der Waals surface area contributed by atoms with Crippen molar-refractivity contribution in [3.8, 4) is 5.75 Å². The molecule has 1 atom stereocenters. The molecule has 0 aliphatic carbocycles. The Morgan fingerprint density at radius 3 is 2.89 bits per heavy atom. The minimum Gasteiger partial charge on any atom is -0.494 e. The molecule has 0 fully saturated rings. The molecule has 0 radical (unpaired) electrons. The van der Waals surface area contributed by atoms with Gasteiger partial charge in [-0.1, -0.05) is 6.08 Å². The van der Waals surface area contributed by atoms with Gasteiger partial charge in [-0.25, -0.2) is 0 Å². The van der Waals surface area contributed by atoms with E-state index in [0.717, 1.165) is 16.8 Å². The van der Waals surface area contributed by atoms with Crippen LogP contribution in [0.4, 0.5) is 11.4 Å². The number of ether oxygens (including phenoxy) is 2. The average molecular weight is 384 g/mol. The van der Waals surface area contributed by atoms with Crippen molar-refractivity contribution in [2.75, 3.05) is 31.5 Å². The van der Waals surface area contributed by atoms with E-state index in [9.17, 15) is 9.59 Å². The van der Waals surface area contributed by atoms with E-state index in [0.29, 0.717) is 30.1 Å². The first-order chi connectivity index (χ1) is 13.5. The molecule has 2 heterocycles. The van der Waals surface area contributed by atoms with Gasteiger partial charge in [0.05, 0.1) is 25.0 Å². The Morgan fingerprint density at radius 1 is 1.43 bits per heavy atom. The van der Waals surface area contributed by atoms with E-state index in [-0.39, 0.29) is 24.3 Å². The van der Waals surface area contributed by atoms with Crippen molar-refractivity contribution in [3.63, 3.8) is 0 Å². The minimum atomic E-state index is -0.285. The fourth-order valence-corrected chi connectivity index (χ4v) is 3.45. The van der Waals surface area contributed by atoms with E-state index < -0.39 is 0 Å². The van der Waals surface area contributed by atoms with Gasteiger partial charge in [0.1, 0.15) is 12.4 Å². The quantitative estimate of drug-likeness (QED) is 0.715. The van der Waals surface area contributed by atoms with Crippen LogP contribution >= 0.6 is 0 Å². The number of hydrogen-bond donors (Lipinski definition) is 2. The first-order valence-corrected chi connectivity index (χ1v) is 8.92. The highest BCUT2D eigenvalue weighted by Crippen LogP contribution is 2.42. The third kappa shape index (κ3) is 3.91. The number of carbonyl (C=O) groups excluding carboxylic acids is 2. The van der Waals surface area contributed by atoms with Gasteiger partial charge < -0.3 is 20.1 Å². The molecular weight excluding hydrogens is 360 g/mol. The number of allylic oxidation sites excluding steroid dienone is 1. The predicted octanol–water partition coefficient (Wildman–Crippen LogP) is 2.45. The van der Waals surface area contributed by atoms with Crippen LogP contribution < -0.4 is 15.4 Å². The summed E-state index contributed by atoms with van der Waals surface area (Å²) in [5, 5.41) is 10.2. The molecule has 1 aliphatic rings. The van der Waals surface area contributed by atoms with E-state index in [1.54, 1.807) is 16.8 Å². The molecular formula is C20H24N4O4. The second kappa shape index (κ2) is 8.26. The number of nitrogens with one attached hydrogen (secondary N) is 2. The molecule has 1 aromatic heterocycles. The zero-order chi connectivity index (χ0) is 20.3. The molecule has 0 spiro atoms. The highest BCUT2D eigenvalue weighted by atomic mass is 16.5. The molecule has 2 N–H and O–H groups in total. The molecule has 8 nitrogen and oxygen atoms in total. The smallest absolute Gasteiger partial charge is 0.250 e. The average Bonchev–Trinajstić information content (AvgIpc) is 3.01. The van der Waals surface area contributed by atoms with Gasteiger partial charge in [-0.15, -0.1) is 6.58 Å². The summed E-state index contributed by atoms with van der Waals surface area (Å²) in [7, 11) is 2.97. The molecule has 1 aromatic carbocycles. The van der Waals surface area contributed by atoms with E-state index in [4.69, 9.17) is 9.47 Å². The monoisotopic (exact) mass is 384 g/mol. The molecule has 2 amide bonds. The molecule has 2 aromatic rings. The third-order valence-corrected chi connectivity index (χ3v) is 4.64. The van der Waals surface area contributed by atoms with Crippen LogP contribution in [0.1, 0.15) is 29.2 Å². The SMILES string of the molecule is C=CCn1cc([C@@H]2CC(=O)Nc3cc(OC)c(NC(=O)COC)cc32)c(C)n1. The fourth-order valence-electron chi connectivity index (χ4n) is 3.45. The highest BCUT2D eigenvalue weighted by molar-refractivity contribution is 5.98. The van der Waals surface area contributed by atoms with Crippen molar-refractivity contribution in [2.24, 2.45) is 0 Å². The van der Waals surface area contributed by atoms with E-state index in [1.807, 2.05) is 19.2 Å². The van der Waals surface area contributed by atoms with Gasteiger partial charge in [0, 0.05) is 43.0 Å². The number of hydrogen-bond acceptors (Lipinski definition) is 5. The maximum absolute atomic E-state index is 12.3. The zero-order valence-corrected chi connectivity index (χ0v) is 16.2. The van der Waals surface area contributed by atoms with Gasteiger partial charge in [-0.2, -0.15) is 5.10 Å². The van der Waals surface area contributed by atoms with Gasteiger partial charge in [0.2, 0.25) is 11.8 Å². The maximum atomic E-state index is 12.3. The van der Waals surface area contributed by atoms with Crippen molar-refractivity contribution < 1.29 is 19.1 Å². The summed E-state index contributed by atoms with van der Waals surface area (Å²) in [5.41, 5.74) is 3.92. The van der Waals surface area contributed by atoms with Crippen molar-refractivity contribution in [3.05, 3.63) is 47.8 Å². The molecule has 8 heteroatoms. The van der Waals surface area contributed by atoms with Crippen LogP contribution in [0.5, 0.6) is 5.75 Å². The van der Waals surface area contributed by atoms with Crippen molar-refractivity contribution >= 4 is 23.2 Å². The molecule has 1 aliphatic heterocycles. The normalized spacial score (nSPS) is 15.5. The fraction of sp³-hybridized carbons (Fsp3) is 0.350. The number of benzene rings is 1. The van der Waals surface area contributed by atoms with Crippen LogP contribution in [0.2, 0.25) is 0 Å². The summed E-state index contributed by atoms with van der Waals surface area (Å²) in [6.45, 7) is 6.19. The summed E-state index contributed by atoms with van der Waals surface area (Å²) in [6, 6.07) is 3.57. The lowest BCUT2D eigenvalue weighted by Gasteiger charge is -2.27. The number of rotatable bonds is 7. The largest absolute Gasteiger partial charge is 0.494 e. The van der Waals surface area contributed by atoms with E-state index >= 15 is 0 Å². The predicted molar refractivity (Wildman–Crippen MR) is 106 cm³/mol. The lowest BCUT2D eigenvalue weighted by Crippen LogP contribution is -2.24. The molecule has 148 valence electrons. The lowest BCUT2D eigenvalue weighted by molar-refractivity contribution is -0.119. The van der Waals surface area contributed by atoms with Gasteiger partial charge in [0.15, 0.2) is 0 Å². The Balaban J connectivity index is 2.06. The summed E-state index contributed by atoms with van der Waals surface area (Å²) in [6.07, 6.45) is 4.01. The molecule has 0 bridgehead atoms.